The molecule has 0 atom stereocenters. The van der Waals surface area contributed by atoms with E-state index in [4.69, 9.17) is 16.3 Å². The molecule has 0 aliphatic heterocycles. The highest BCUT2D eigenvalue weighted by atomic mass is 35.5. The second-order valence-corrected chi connectivity index (χ2v) is 4.08. The van der Waals surface area contributed by atoms with Crippen molar-refractivity contribution >= 4 is 24.2 Å². The molecular weight excluding hydrogens is 252 g/mol. The minimum atomic E-state index is -1.64. The van der Waals surface area contributed by atoms with Crippen molar-refractivity contribution in [1.29, 1.82) is 0 Å². The number of halogens is 1. The highest BCUT2D eigenvalue weighted by Crippen LogP contribution is 2.15. The van der Waals surface area contributed by atoms with Crippen molar-refractivity contribution in [3.8, 4) is 5.75 Å². The number of hydrogen-bond donors (Lipinski definition) is 2. The number of pyridine rings is 1. The first kappa shape index (κ1) is 12.9. The average Bonchev–Trinajstić information content (AvgIpc) is 2.37. The van der Waals surface area contributed by atoms with Crippen LogP contribution in [0, 0.1) is 0 Å². The first-order valence-corrected chi connectivity index (χ1v) is 5.73. The maximum Gasteiger partial charge on any atom is 0.493 e. The van der Waals surface area contributed by atoms with E-state index in [9.17, 15) is 10.0 Å². The van der Waals surface area contributed by atoms with E-state index in [0.717, 1.165) is 5.56 Å². The molecule has 2 rings (SSSR count). The van der Waals surface area contributed by atoms with E-state index in [1.807, 2.05) is 30.3 Å². The molecule has 2 aromatic rings. The minimum Gasteiger partial charge on any atom is -0.489 e. The molecule has 1 heterocycles. The third-order valence-corrected chi connectivity index (χ3v) is 2.58. The van der Waals surface area contributed by atoms with Gasteiger partial charge in [0, 0.05) is 17.7 Å². The monoisotopic (exact) mass is 263 g/mol. The van der Waals surface area contributed by atoms with Crippen LogP contribution >= 0.6 is 11.6 Å². The molecule has 1 aromatic carbocycles. The minimum absolute atomic E-state index is 0.190. The summed E-state index contributed by atoms with van der Waals surface area (Å²) in [5.41, 5.74) is 1.17. The summed E-state index contributed by atoms with van der Waals surface area (Å²) >= 11 is 5.75. The molecule has 0 spiro atoms. The number of hydrogen-bond acceptors (Lipinski definition) is 4. The summed E-state index contributed by atoms with van der Waals surface area (Å²) in [6, 6.07) is 11.0. The number of rotatable bonds is 4. The van der Waals surface area contributed by atoms with Crippen LogP contribution in [-0.2, 0) is 6.61 Å². The van der Waals surface area contributed by atoms with Gasteiger partial charge in [-0.1, -0.05) is 41.9 Å². The summed E-state index contributed by atoms with van der Waals surface area (Å²) in [5.74, 6) is 0.314. The predicted molar refractivity (Wildman–Crippen MR) is 69.8 cm³/mol. The summed E-state index contributed by atoms with van der Waals surface area (Å²) < 4.78 is 5.52. The Morgan fingerprint density at radius 1 is 1.22 bits per heavy atom. The summed E-state index contributed by atoms with van der Waals surface area (Å²) in [6.07, 6.45) is 1.29. The van der Waals surface area contributed by atoms with Crippen LogP contribution in [0.5, 0.6) is 5.75 Å². The standard InChI is InChI=1S/C12H11BClNO3/c14-12-6-11(10(7-15-12)13(16)17)18-8-9-4-2-1-3-5-9/h1-7,16-17H,8H2. The van der Waals surface area contributed by atoms with Crippen LogP contribution in [-0.4, -0.2) is 22.2 Å². The molecular formula is C12H11BClNO3. The van der Waals surface area contributed by atoms with Gasteiger partial charge in [-0.3, -0.25) is 0 Å². The summed E-state index contributed by atoms with van der Waals surface area (Å²) in [4.78, 5) is 3.78. The van der Waals surface area contributed by atoms with Gasteiger partial charge in [0.1, 0.15) is 17.5 Å². The molecule has 0 amide bonds. The molecule has 92 valence electrons. The number of aromatic nitrogens is 1. The van der Waals surface area contributed by atoms with Crippen molar-refractivity contribution in [3.05, 3.63) is 53.3 Å². The smallest absolute Gasteiger partial charge is 0.489 e. The van der Waals surface area contributed by atoms with Gasteiger partial charge in [-0.25, -0.2) is 4.98 Å². The lowest BCUT2D eigenvalue weighted by molar-refractivity contribution is 0.306. The molecule has 0 radical (unpaired) electrons. The van der Waals surface area contributed by atoms with E-state index in [0.29, 0.717) is 12.4 Å². The zero-order valence-electron chi connectivity index (χ0n) is 9.45. The molecule has 18 heavy (non-hydrogen) atoms. The Hall–Kier alpha value is -1.56. The van der Waals surface area contributed by atoms with Gasteiger partial charge in [0.15, 0.2) is 0 Å². The number of nitrogens with zero attached hydrogens (tertiary/aromatic N) is 1. The lowest BCUT2D eigenvalue weighted by Gasteiger charge is -2.11. The molecule has 4 nitrogen and oxygen atoms in total. The van der Waals surface area contributed by atoms with Gasteiger partial charge in [-0.2, -0.15) is 0 Å². The first-order valence-electron chi connectivity index (χ1n) is 5.35. The fraction of sp³-hybridized carbons (Fsp3) is 0.0833. The van der Waals surface area contributed by atoms with Gasteiger partial charge < -0.3 is 14.8 Å². The average molecular weight is 263 g/mol. The lowest BCUT2D eigenvalue weighted by atomic mass is 9.81. The Morgan fingerprint density at radius 2 is 1.94 bits per heavy atom. The van der Waals surface area contributed by atoms with Gasteiger partial charge in [-0.15, -0.1) is 0 Å². The Balaban J connectivity index is 2.15. The highest BCUT2D eigenvalue weighted by Gasteiger charge is 2.18. The molecule has 0 bridgehead atoms. The summed E-state index contributed by atoms with van der Waals surface area (Å²) in [5, 5.41) is 18.6. The quantitative estimate of drug-likeness (QED) is 0.638. The Kier molecular flexibility index (Phi) is 4.20. The summed E-state index contributed by atoms with van der Waals surface area (Å²) in [6.45, 7) is 0.320. The molecule has 0 aliphatic carbocycles. The lowest BCUT2D eigenvalue weighted by Crippen LogP contribution is -2.31. The molecule has 1 aromatic heterocycles. The molecule has 0 fully saturated rings. The second kappa shape index (κ2) is 5.86. The topological polar surface area (TPSA) is 62.6 Å². The third kappa shape index (κ3) is 3.23. The fourth-order valence-electron chi connectivity index (χ4n) is 1.48. The Morgan fingerprint density at radius 3 is 2.61 bits per heavy atom. The van der Waals surface area contributed by atoms with Crippen molar-refractivity contribution < 1.29 is 14.8 Å². The van der Waals surface area contributed by atoms with Crippen LogP contribution < -0.4 is 10.2 Å². The largest absolute Gasteiger partial charge is 0.493 e. The predicted octanol–water partition coefficient (Wildman–Crippen LogP) is 0.994. The molecule has 0 saturated carbocycles. The maximum absolute atomic E-state index is 9.19. The maximum atomic E-state index is 9.19. The molecule has 0 unspecified atom stereocenters. The van der Waals surface area contributed by atoms with Crippen LogP contribution in [0.3, 0.4) is 0 Å². The van der Waals surface area contributed by atoms with Crippen LogP contribution in [0.4, 0.5) is 0 Å². The van der Waals surface area contributed by atoms with Gasteiger partial charge >= 0.3 is 7.12 Å². The van der Waals surface area contributed by atoms with Crippen molar-refractivity contribution in [2.24, 2.45) is 0 Å². The highest BCUT2D eigenvalue weighted by molar-refractivity contribution is 6.59. The van der Waals surface area contributed by atoms with Gasteiger partial charge in [0.2, 0.25) is 0 Å². The second-order valence-electron chi connectivity index (χ2n) is 3.69. The van der Waals surface area contributed by atoms with Crippen LogP contribution in [0.25, 0.3) is 0 Å². The van der Waals surface area contributed by atoms with Crippen molar-refractivity contribution in [1.82, 2.24) is 4.98 Å². The zero-order chi connectivity index (χ0) is 13.0. The molecule has 6 heteroatoms. The molecule has 0 saturated heterocycles. The zero-order valence-corrected chi connectivity index (χ0v) is 10.2. The van der Waals surface area contributed by atoms with Crippen molar-refractivity contribution in [3.63, 3.8) is 0 Å². The number of benzene rings is 1. The SMILES string of the molecule is OB(O)c1cnc(Cl)cc1OCc1ccccc1. The van der Waals surface area contributed by atoms with Crippen molar-refractivity contribution in [2.45, 2.75) is 6.61 Å². The molecule has 2 N–H and O–H groups in total. The molecule has 0 aliphatic rings. The first-order chi connectivity index (χ1) is 8.66. The van der Waals surface area contributed by atoms with E-state index >= 15 is 0 Å². The summed E-state index contributed by atoms with van der Waals surface area (Å²) in [7, 11) is -1.64. The van der Waals surface area contributed by atoms with E-state index in [1.54, 1.807) is 0 Å². The van der Waals surface area contributed by atoms with Crippen molar-refractivity contribution in [2.75, 3.05) is 0 Å². The van der Waals surface area contributed by atoms with E-state index < -0.39 is 7.12 Å². The van der Waals surface area contributed by atoms with Gasteiger partial charge in [-0.05, 0) is 5.56 Å². The van der Waals surface area contributed by atoms with Crippen LogP contribution in [0.15, 0.2) is 42.6 Å². The van der Waals surface area contributed by atoms with E-state index in [1.165, 1.54) is 12.3 Å². The van der Waals surface area contributed by atoms with Crippen LogP contribution in [0.2, 0.25) is 5.15 Å². The van der Waals surface area contributed by atoms with E-state index in [-0.39, 0.29) is 10.6 Å². The Labute approximate surface area is 110 Å². The van der Waals surface area contributed by atoms with Crippen LogP contribution in [0.1, 0.15) is 5.56 Å². The van der Waals surface area contributed by atoms with Gasteiger partial charge in [0.25, 0.3) is 0 Å². The normalized spacial score (nSPS) is 10.2. The fourth-order valence-corrected chi connectivity index (χ4v) is 1.63. The van der Waals surface area contributed by atoms with Gasteiger partial charge in [0.05, 0.1) is 0 Å². The Bertz CT molecular complexity index is 522. The van der Waals surface area contributed by atoms with E-state index in [2.05, 4.69) is 4.98 Å². The number of ether oxygens (including phenoxy) is 1. The third-order valence-electron chi connectivity index (χ3n) is 2.38.